The van der Waals surface area contributed by atoms with Gasteiger partial charge in [0.15, 0.2) is 0 Å². The first-order valence-electron chi connectivity index (χ1n) is 6.11. The van der Waals surface area contributed by atoms with Crippen molar-refractivity contribution in [2.75, 3.05) is 13.2 Å². The second-order valence-electron chi connectivity index (χ2n) is 5.06. The minimum Gasteiger partial charge on any atom is -0.386 e. The zero-order valence-corrected chi connectivity index (χ0v) is 10.3. The Kier molecular flexibility index (Phi) is 5.03. The van der Waals surface area contributed by atoms with Crippen LogP contribution in [0.1, 0.15) is 46.5 Å². The van der Waals surface area contributed by atoms with E-state index in [4.69, 9.17) is 4.74 Å². The second kappa shape index (κ2) is 5.83. The molecule has 2 N–H and O–H groups in total. The molecule has 2 unspecified atom stereocenters. The van der Waals surface area contributed by atoms with Crippen molar-refractivity contribution >= 4 is 0 Å². The molecule has 0 aliphatic heterocycles. The Morgan fingerprint density at radius 1 is 1.53 bits per heavy atom. The fourth-order valence-electron chi connectivity index (χ4n) is 1.51. The summed E-state index contributed by atoms with van der Waals surface area (Å²) >= 11 is 0. The Morgan fingerprint density at radius 2 is 2.20 bits per heavy atom. The van der Waals surface area contributed by atoms with Crippen LogP contribution in [0.25, 0.3) is 0 Å². The van der Waals surface area contributed by atoms with Crippen molar-refractivity contribution in [2.24, 2.45) is 0 Å². The monoisotopic (exact) mass is 215 g/mol. The molecule has 90 valence electrons. The molecule has 0 aromatic rings. The molecule has 1 aliphatic rings. The first kappa shape index (κ1) is 12.9. The maximum absolute atomic E-state index is 10.0. The summed E-state index contributed by atoms with van der Waals surface area (Å²) in [6.45, 7) is 7.10. The maximum Gasteiger partial charge on any atom is 0.0975 e. The van der Waals surface area contributed by atoms with Crippen LogP contribution in [0.5, 0.6) is 0 Å². The summed E-state index contributed by atoms with van der Waals surface area (Å²) in [5.74, 6) is 0. The van der Waals surface area contributed by atoms with Gasteiger partial charge in [0.1, 0.15) is 0 Å². The fourth-order valence-corrected chi connectivity index (χ4v) is 1.51. The van der Waals surface area contributed by atoms with Crippen LogP contribution in [0.2, 0.25) is 0 Å². The smallest absolute Gasteiger partial charge is 0.0975 e. The average Bonchev–Trinajstić information content (AvgIpc) is 2.96. The molecule has 0 heterocycles. The number of hydrogen-bond acceptors (Lipinski definition) is 3. The van der Waals surface area contributed by atoms with Gasteiger partial charge in [0.2, 0.25) is 0 Å². The summed E-state index contributed by atoms with van der Waals surface area (Å²) < 4.78 is 5.61. The molecular formula is C12H25NO2. The molecule has 0 spiro atoms. The van der Waals surface area contributed by atoms with Crippen molar-refractivity contribution in [3.8, 4) is 0 Å². The van der Waals surface area contributed by atoms with Gasteiger partial charge in [-0.3, -0.25) is 0 Å². The number of aliphatic hydroxyl groups is 1. The minimum atomic E-state index is -0.732. The van der Waals surface area contributed by atoms with Gasteiger partial charge < -0.3 is 15.2 Å². The molecule has 0 radical (unpaired) electrons. The second-order valence-corrected chi connectivity index (χ2v) is 5.06. The van der Waals surface area contributed by atoms with Crippen LogP contribution in [0, 0.1) is 0 Å². The third-order valence-corrected chi connectivity index (χ3v) is 2.72. The van der Waals surface area contributed by atoms with Crippen molar-refractivity contribution in [2.45, 2.75) is 64.2 Å². The molecule has 0 aromatic carbocycles. The van der Waals surface area contributed by atoms with E-state index in [9.17, 15) is 5.11 Å². The Labute approximate surface area is 93.2 Å². The van der Waals surface area contributed by atoms with E-state index in [1.54, 1.807) is 0 Å². The van der Waals surface area contributed by atoms with E-state index in [1.807, 2.05) is 6.92 Å². The first-order valence-corrected chi connectivity index (χ1v) is 6.11. The fraction of sp³-hybridized carbons (Fsp3) is 1.00. The highest BCUT2D eigenvalue weighted by Gasteiger charge is 2.27. The predicted molar refractivity (Wildman–Crippen MR) is 62.0 cm³/mol. The van der Waals surface area contributed by atoms with E-state index in [0.717, 1.165) is 12.8 Å². The van der Waals surface area contributed by atoms with E-state index in [0.29, 0.717) is 19.2 Å². The third kappa shape index (κ3) is 6.13. The van der Waals surface area contributed by atoms with Gasteiger partial charge in [0.25, 0.3) is 0 Å². The van der Waals surface area contributed by atoms with Gasteiger partial charge in [-0.1, -0.05) is 13.3 Å². The van der Waals surface area contributed by atoms with Crippen LogP contribution in [-0.2, 0) is 4.74 Å². The SMILES string of the molecule is CCCC(C)OCC(C)(O)CNC1CC1. The Bertz CT molecular complexity index is 178. The minimum absolute atomic E-state index is 0.252. The molecular weight excluding hydrogens is 190 g/mol. The molecule has 1 rings (SSSR count). The van der Waals surface area contributed by atoms with Gasteiger partial charge in [0.05, 0.1) is 18.3 Å². The predicted octanol–water partition coefficient (Wildman–Crippen LogP) is 1.69. The van der Waals surface area contributed by atoms with Crippen molar-refractivity contribution in [3.63, 3.8) is 0 Å². The lowest BCUT2D eigenvalue weighted by atomic mass is 10.1. The lowest BCUT2D eigenvalue weighted by molar-refractivity contribution is -0.0588. The molecule has 1 saturated carbocycles. The molecule has 15 heavy (non-hydrogen) atoms. The quantitative estimate of drug-likeness (QED) is 0.647. The molecule has 2 atom stereocenters. The molecule has 0 bridgehead atoms. The van der Waals surface area contributed by atoms with Crippen LogP contribution >= 0.6 is 0 Å². The standard InChI is InChI=1S/C12H25NO2/c1-4-5-10(2)15-9-12(3,14)8-13-11-6-7-11/h10-11,13-14H,4-9H2,1-3H3. The van der Waals surface area contributed by atoms with Crippen molar-refractivity contribution in [3.05, 3.63) is 0 Å². The summed E-state index contributed by atoms with van der Waals surface area (Å²) in [5, 5.41) is 13.3. The van der Waals surface area contributed by atoms with E-state index >= 15 is 0 Å². The van der Waals surface area contributed by atoms with Gasteiger partial charge in [-0.05, 0) is 33.1 Å². The highest BCUT2D eigenvalue weighted by molar-refractivity contribution is 4.85. The van der Waals surface area contributed by atoms with Crippen molar-refractivity contribution in [1.29, 1.82) is 0 Å². The van der Waals surface area contributed by atoms with Gasteiger partial charge in [-0.25, -0.2) is 0 Å². The number of ether oxygens (including phenoxy) is 1. The number of rotatable bonds is 8. The summed E-state index contributed by atoms with van der Waals surface area (Å²) in [4.78, 5) is 0. The van der Waals surface area contributed by atoms with Gasteiger partial charge in [-0.2, -0.15) is 0 Å². The Balaban J connectivity index is 2.10. The van der Waals surface area contributed by atoms with Gasteiger partial charge in [0, 0.05) is 12.6 Å². The third-order valence-electron chi connectivity index (χ3n) is 2.72. The van der Waals surface area contributed by atoms with Gasteiger partial charge in [-0.15, -0.1) is 0 Å². The summed E-state index contributed by atoms with van der Waals surface area (Å²) in [6, 6.07) is 0.643. The molecule has 1 aliphatic carbocycles. The van der Waals surface area contributed by atoms with Crippen LogP contribution in [0.4, 0.5) is 0 Å². The normalized spacial score (nSPS) is 22.4. The largest absolute Gasteiger partial charge is 0.386 e. The molecule has 0 amide bonds. The topological polar surface area (TPSA) is 41.5 Å². The Morgan fingerprint density at radius 3 is 2.73 bits per heavy atom. The van der Waals surface area contributed by atoms with Crippen LogP contribution in [0.3, 0.4) is 0 Å². The molecule has 0 saturated heterocycles. The highest BCUT2D eigenvalue weighted by Crippen LogP contribution is 2.19. The van der Waals surface area contributed by atoms with Crippen molar-refractivity contribution < 1.29 is 9.84 Å². The molecule has 3 nitrogen and oxygen atoms in total. The molecule has 1 fully saturated rings. The lowest BCUT2D eigenvalue weighted by Crippen LogP contribution is -2.43. The number of hydrogen-bond donors (Lipinski definition) is 2. The zero-order valence-electron chi connectivity index (χ0n) is 10.3. The van der Waals surface area contributed by atoms with Crippen LogP contribution < -0.4 is 5.32 Å². The first-order chi connectivity index (χ1) is 7.03. The van der Waals surface area contributed by atoms with Crippen molar-refractivity contribution in [1.82, 2.24) is 5.32 Å². The zero-order chi connectivity index (χ0) is 11.3. The molecule has 0 aromatic heterocycles. The summed E-state index contributed by atoms with van der Waals surface area (Å²) in [7, 11) is 0. The lowest BCUT2D eigenvalue weighted by Gasteiger charge is -2.25. The van der Waals surface area contributed by atoms with Crippen LogP contribution in [-0.4, -0.2) is 36.0 Å². The van der Waals surface area contributed by atoms with E-state index in [1.165, 1.54) is 12.8 Å². The maximum atomic E-state index is 10.0. The van der Waals surface area contributed by atoms with E-state index in [2.05, 4.69) is 19.2 Å². The van der Waals surface area contributed by atoms with Gasteiger partial charge >= 0.3 is 0 Å². The van der Waals surface area contributed by atoms with E-state index in [-0.39, 0.29) is 6.10 Å². The number of nitrogens with one attached hydrogen (secondary N) is 1. The van der Waals surface area contributed by atoms with Crippen LogP contribution in [0.15, 0.2) is 0 Å². The molecule has 3 heteroatoms. The highest BCUT2D eigenvalue weighted by atomic mass is 16.5. The average molecular weight is 215 g/mol. The summed E-state index contributed by atoms with van der Waals surface area (Å²) in [5.41, 5.74) is -0.732. The summed E-state index contributed by atoms with van der Waals surface area (Å²) in [6.07, 6.45) is 4.95. The van der Waals surface area contributed by atoms with E-state index < -0.39 is 5.60 Å². The Hall–Kier alpha value is -0.120.